The van der Waals surface area contributed by atoms with Crippen LogP contribution in [0.1, 0.15) is 56.9 Å². The number of ether oxygens (including phenoxy) is 1. The number of anilines is 1. The van der Waals surface area contributed by atoms with Crippen molar-refractivity contribution in [1.82, 2.24) is 4.98 Å². The molecule has 0 bridgehead atoms. The van der Waals surface area contributed by atoms with Gasteiger partial charge in [0.15, 0.2) is 0 Å². The lowest BCUT2D eigenvalue weighted by Crippen LogP contribution is -2.33. The number of primary amides is 1. The summed E-state index contributed by atoms with van der Waals surface area (Å²) in [5.74, 6) is 5.12. The summed E-state index contributed by atoms with van der Waals surface area (Å²) >= 11 is 1.32. The van der Waals surface area contributed by atoms with Gasteiger partial charge < -0.3 is 20.9 Å². The highest BCUT2D eigenvalue weighted by Gasteiger charge is 2.34. The minimum atomic E-state index is -1.15. The summed E-state index contributed by atoms with van der Waals surface area (Å²) in [7, 11) is 0. The molecule has 35 heavy (non-hydrogen) atoms. The van der Waals surface area contributed by atoms with Gasteiger partial charge in [-0.3, -0.25) is 4.79 Å². The number of pyridine rings is 1. The Kier molecular flexibility index (Phi) is 9.33. The van der Waals surface area contributed by atoms with E-state index in [1.807, 2.05) is 12.1 Å². The number of unbranched alkanes of at least 4 members (excludes halogenated alkanes) is 1. The van der Waals surface area contributed by atoms with Gasteiger partial charge in [-0.1, -0.05) is 43.0 Å². The highest BCUT2D eigenvalue weighted by Crippen LogP contribution is 2.43. The van der Waals surface area contributed by atoms with Gasteiger partial charge in [0.25, 0.3) is 0 Å². The molecule has 4 N–H and O–H groups in total. The van der Waals surface area contributed by atoms with Crippen LogP contribution in [-0.2, 0) is 21.7 Å². The predicted octanol–water partition coefficient (Wildman–Crippen LogP) is 4.79. The molecule has 0 fully saturated rings. The average molecular weight is 498 g/mol. The van der Waals surface area contributed by atoms with Gasteiger partial charge in [-0.15, -0.1) is 11.8 Å². The van der Waals surface area contributed by atoms with E-state index in [0.717, 1.165) is 18.5 Å². The molecule has 8 heteroatoms. The van der Waals surface area contributed by atoms with Crippen molar-refractivity contribution in [3.05, 3.63) is 65.1 Å². The van der Waals surface area contributed by atoms with E-state index in [9.17, 15) is 14.3 Å². The zero-order valence-electron chi connectivity index (χ0n) is 20.3. The number of benzene rings is 1. The minimum Gasteiger partial charge on any atom is -0.386 e. The first-order chi connectivity index (χ1) is 16.7. The number of amides is 1. The lowest BCUT2D eigenvalue weighted by Gasteiger charge is -2.20. The van der Waals surface area contributed by atoms with E-state index in [0.29, 0.717) is 41.5 Å². The Balaban J connectivity index is 1.65. The summed E-state index contributed by atoms with van der Waals surface area (Å²) in [6, 6.07) is 10.1. The van der Waals surface area contributed by atoms with Crippen molar-refractivity contribution in [3.8, 4) is 11.8 Å². The van der Waals surface area contributed by atoms with E-state index < -0.39 is 28.6 Å². The molecule has 2 aromatic rings. The molecule has 0 aliphatic carbocycles. The smallest absolute Gasteiger partial charge is 0.227 e. The zero-order valence-corrected chi connectivity index (χ0v) is 21.1. The highest BCUT2D eigenvalue weighted by atomic mass is 32.2. The van der Waals surface area contributed by atoms with E-state index >= 15 is 0 Å². The van der Waals surface area contributed by atoms with E-state index in [1.54, 1.807) is 38.1 Å². The molecule has 0 spiro atoms. The van der Waals surface area contributed by atoms with Gasteiger partial charge in [0.05, 0.1) is 35.8 Å². The molecular formula is C27H32FN3O3S. The quantitative estimate of drug-likeness (QED) is 0.323. The number of aliphatic hydroxyl groups is 1. The second-order valence-electron chi connectivity index (χ2n) is 8.82. The number of rotatable bonds is 10. The molecule has 1 aromatic carbocycles. The number of nitrogens with zero attached hydrogens (tertiary/aromatic N) is 1. The summed E-state index contributed by atoms with van der Waals surface area (Å²) in [5.41, 5.74) is 6.06. The lowest BCUT2D eigenvalue weighted by atomic mass is 9.96. The van der Waals surface area contributed by atoms with Crippen molar-refractivity contribution in [2.24, 2.45) is 11.7 Å². The average Bonchev–Trinajstić information content (AvgIpc) is 3.22. The molecule has 6 nitrogen and oxygen atoms in total. The van der Waals surface area contributed by atoms with Gasteiger partial charge in [0.1, 0.15) is 11.6 Å². The highest BCUT2D eigenvalue weighted by molar-refractivity contribution is 8.09. The topological polar surface area (TPSA) is 97.5 Å². The van der Waals surface area contributed by atoms with Gasteiger partial charge in [-0.2, -0.15) is 0 Å². The molecule has 1 aliphatic heterocycles. The molecule has 3 rings (SSSR count). The number of carbonyl (C=O) groups excluding carboxylic acids is 1. The van der Waals surface area contributed by atoms with Crippen molar-refractivity contribution >= 4 is 28.4 Å². The van der Waals surface area contributed by atoms with E-state index in [1.165, 1.54) is 17.8 Å². The molecule has 186 valence electrons. The lowest BCUT2D eigenvalue weighted by molar-refractivity contribution is -0.120. The van der Waals surface area contributed by atoms with Crippen molar-refractivity contribution in [3.63, 3.8) is 0 Å². The van der Waals surface area contributed by atoms with Crippen molar-refractivity contribution in [2.75, 3.05) is 11.9 Å². The van der Waals surface area contributed by atoms with Crippen LogP contribution in [0.25, 0.3) is 4.91 Å². The normalized spacial score (nSPS) is 17.5. The molecule has 2 atom stereocenters. The Bertz CT molecular complexity index is 1130. The first-order valence-corrected chi connectivity index (χ1v) is 12.5. The summed E-state index contributed by atoms with van der Waals surface area (Å²) < 4.78 is 20.5. The van der Waals surface area contributed by atoms with Gasteiger partial charge in [-0.25, -0.2) is 9.37 Å². The Morgan fingerprint density at radius 2 is 2.06 bits per heavy atom. The first kappa shape index (κ1) is 26.7. The molecule has 1 aromatic heterocycles. The zero-order chi connectivity index (χ0) is 25.4. The van der Waals surface area contributed by atoms with E-state index in [4.69, 9.17) is 10.5 Å². The van der Waals surface area contributed by atoms with Crippen LogP contribution in [0.15, 0.2) is 42.5 Å². The van der Waals surface area contributed by atoms with Crippen LogP contribution in [0.4, 0.5) is 10.2 Å². The standard InChI is InChI=1S/C27H32FN3O3S/c1-4-5-6-7-8-14-34-17-19-10-9-11-24(30-19)31-26-21(25(29)32)16-23(35-26)20-13-12-18(15-22(20)28)27(2,3)33/h9-13,15-16,21,26,33H,4-5,8,14,17H2,1-3H3,(H2,29,32)(H,30,31). The van der Waals surface area contributed by atoms with Crippen LogP contribution in [-0.4, -0.2) is 28.0 Å². The fraction of sp³-hybridized carbons (Fsp3) is 0.407. The van der Waals surface area contributed by atoms with Crippen LogP contribution in [0.2, 0.25) is 0 Å². The molecule has 0 saturated carbocycles. The first-order valence-electron chi connectivity index (χ1n) is 11.7. The Morgan fingerprint density at radius 3 is 2.74 bits per heavy atom. The number of nitrogens with one attached hydrogen (secondary N) is 1. The third kappa shape index (κ3) is 7.56. The summed E-state index contributed by atoms with van der Waals surface area (Å²) in [6.07, 6.45) is 4.31. The Hall–Kier alpha value is -2.86. The molecule has 2 heterocycles. The maximum atomic E-state index is 14.9. The monoisotopic (exact) mass is 497 g/mol. The summed E-state index contributed by atoms with van der Waals surface area (Å²) in [5, 5.41) is 13.0. The van der Waals surface area contributed by atoms with Crippen LogP contribution in [0.5, 0.6) is 0 Å². The fourth-order valence-corrected chi connectivity index (χ4v) is 4.82. The third-order valence-corrected chi connectivity index (χ3v) is 6.67. The van der Waals surface area contributed by atoms with Crippen LogP contribution in [0, 0.1) is 23.6 Å². The molecule has 2 unspecified atom stereocenters. The number of aromatic nitrogens is 1. The van der Waals surface area contributed by atoms with E-state index in [2.05, 4.69) is 29.1 Å². The maximum absolute atomic E-state index is 14.9. The molecule has 1 aliphatic rings. The number of hydrogen-bond donors (Lipinski definition) is 3. The molecule has 0 saturated heterocycles. The minimum absolute atomic E-state index is 0.351. The van der Waals surface area contributed by atoms with E-state index in [-0.39, 0.29) is 0 Å². The van der Waals surface area contributed by atoms with Crippen molar-refractivity contribution in [2.45, 2.75) is 57.6 Å². The van der Waals surface area contributed by atoms with Gasteiger partial charge in [-0.05, 0) is 44.0 Å². The van der Waals surface area contributed by atoms with Crippen LogP contribution in [0.3, 0.4) is 0 Å². The number of carbonyl (C=O) groups is 1. The Morgan fingerprint density at radius 1 is 1.29 bits per heavy atom. The number of halogens is 1. The summed E-state index contributed by atoms with van der Waals surface area (Å²) in [6.45, 7) is 6.18. The molecule has 0 radical (unpaired) electrons. The predicted molar refractivity (Wildman–Crippen MR) is 139 cm³/mol. The van der Waals surface area contributed by atoms with Crippen molar-refractivity contribution in [1.29, 1.82) is 0 Å². The van der Waals surface area contributed by atoms with Gasteiger partial charge >= 0.3 is 0 Å². The van der Waals surface area contributed by atoms with Crippen molar-refractivity contribution < 1.29 is 19.0 Å². The van der Waals surface area contributed by atoms with Crippen LogP contribution < -0.4 is 11.1 Å². The molecule has 1 amide bonds. The summed E-state index contributed by atoms with van der Waals surface area (Å²) in [4.78, 5) is 17.3. The number of thioether (sulfide) groups is 1. The van der Waals surface area contributed by atoms with Gasteiger partial charge in [0, 0.05) is 23.3 Å². The largest absolute Gasteiger partial charge is 0.386 e. The second kappa shape index (κ2) is 12.2. The van der Waals surface area contributed by atoms with Crippen LogP contribution >= 0.6 is 11.8 Å². The van der Waals surface area contributed by atoms with Gasteiger partial charge in [0.2, 0.25) is 5.91 Å². The maximum Gasteiger partial charge on any atom is 0.227 e. The Labute approximate surface area is 210 Å². The number of nitrogens with two attached hydrogens (primary N) is 1. The fourth-order valence-electron chi connectivity index (χ4n) is 3.49. The second-order valence-corrected chi connectivity index (χ2v) is 10.00. The number of hydrogen-bond acceptors (Lipinski definition) is 6. The SMILES string of the molecule is CCCC#CCCOCc1cccc(NC2SC(c3ccc(C(C)(C)O)cc3F)=CC2C(N)=O)n1. The third-order valence-electron chi connectivity index (χ3n) is 5.40. The molecular weight excluding hydrogens is 465 g/mol.